The number of carbonyl (C=O) groups excluding carboxylic acids is 1. The van der Waals surface area contributed by atoms with Crippen molar-refractivity contribution in [2.45, 2.75) is 45.4 Å². The van der Waals surface area contributed by atoms with Crippen LogP contribution in [0, 0.1) is 11.8 Å². The highest BCUT2D eigenvalue weighted by molar-refractivity contribution is 5.78. The van der Waals surface area contributed by atoms with Crippen LogP contribution in [0.4, 0.5) is 0 Å². The van der Waals surface area contributed by atoms with Crippen molar-refractivity contribution < 1.29 is 4.79 Å². The molecule has 0 aromatic rings. The molecule has 88 valence electrons. The second-order valence-electron chi connectivity index (χ2n) is 4.60. The topological polar surface area (TPSA) is 55.1 Å². The van der Waals surface area contributed by atoms with E-state index >= 15 is 0 Å². The predicted molar refractivity (Wildman–Crippen MR) is 62.4 cm³/mol. The number of rotatable bonds is 7. The van der Waals surface area contributed by atoms with E-state index in [1.807, 2.05) is 0 Å². The first-order valence-electron chi connectivity index (χ1n) is 6.25. The average Bonchev–Trinajstić information content (AvgIpc) is 2.17. The van der Waals surface area contributed by atoms with Crippen LogP contribution < -0.4 is 11.1 Å². The monoisotopic (exact) mass is 212 g/mol. The van der Waals surface area contributed by atoms with Crippen LogP contribution in [-0.2, 0) is 4.79 Å². The summed E-state index contributed by atoms with van der Waals surface area (Å²) in [6, 6.07) is 0. The molecule has 0 bridgehead atoms. The lowest BCUT2D eigenvalue weighted by Gasteiger charge is -2.25. The molecule has 15 heavy (non-hydrogen) atoms. The Bertz CT molecular complexity index is 190. The molecule has 0 spiro atoms. The number of amides is 1. The highest BCUT2D eigenvalue weighted by Crippen LogP contribution is 2.28. The minimum absolute atomic E-state index is 0.0244. The standard InChI is InChI=1S/C12H24N2O/c1-2-4-11(9-13)12(15)14-8-7-10-5-3-6-10/h10-11H,2-9,13H2,1H3,(H,14,15). The van der Waals surface area contributed by atoms with Gasteiger partial charge in [0.05, 0.1) is 5.92 Å². The Kier molecular flexibility index (Phi) is 5.69. The molecule has 1 aliphatic rings. The zero-order chi connectivity index (χ0) is 11.1. The van der Waals surface area contributed by atoms with Crippen LogP contribution >= 0.6 is 0 Å². The Labute approximate surface area is 92.8 Å². The molecule has 1 saturated carbocycles. The largest absolute Gasteiger partial charge is 0.356 e. The number of nitrogens with one attached hydrogen (secondary N) is 1. The van der Waals surface area contributed by atoms with E-state index in [2.05, 4.69) is 12.2 Å². The summed E-state index contributed by atoms with van der Waals surface area (Å²) in [4.78, 5) is 11.7. The van der Waals surface area contributed by atoms with Gasteiger partial charge >= 0.3 is 0 Å². The molecule has 3 N–H and O–H groups in total. The molecule has 0 aromatic heterocycles. The third-order valence-electron chi connectivity index (χ3n) is 3.37. The van der Waals surface area contributed by atoms with E-state index in [-0.39, 0.29) is 11.8 Å². The number of hydrogen-bond acceptors (Lipinski definition) is 2. The number of hydrogen-bond donors (Lipinski definition) is 2. The third-order valence-corrected chi connectivity index (χ3v) is 3.37. The first-order chi connectivity index (χ1) is 7.27. The second kappa shape index (κ2) is 6.83. The van der Waals surface area contributed by atoms with Gasteiger partial charge in [0, 0.05) is 13.1 Å². The molecule has 0 aliphatic heterocycles. The maximum Gasteiger partial charge on any atom is 0.224 e. The van der Waals surface area contributed by atoms with E-state index < -0.39 is 0 Å². The van der Waals surface area contributed by atoms with Crippen molar-refractivity contribution in [3.8, 4) is 0 Å². The molecule has 1 atom stereocenters. The van der Waals surface area contributed by atoms with Crippen molar-refractivity contribution >= 4 is 5.91 Å². The lowest BCUT2D eigenvalue weighted by atomic mass is 9.83. The van der Waals surface area contributed by atoms with E-state index in [1.165, 1.54) is 19.3 Å². The fourth-order valence-electron chi connectivity index (χ4n) is 2.03. The van der Waals surface area contributed by atoms with Gasteiger partial charge in [0.1, 0.15) is 0 Å². The molecule has 0 heterocycles. The number of carbonyl (C=O) groups is 1. The predicted octanol–water partition coefficient (Wildman–Crippen LogP) is 1.67. The van der Waals surface area contributed by atoms with Gasteiger partial charge in [-0.1, -0.05) is 32.6 Å². The van der Waals surface area contributed by atoms with E-state index in [0.29, 0.717) is 6.54 Å². The first kappa shape index (κ1) is 12.5. The lowest BCUT2D eigenvalue weighted by molar-refractivity contribution is -0.124. The smallest absolute Gasteiger partial charge is 0.224 e. The summed E-state index contributed by atoms with van der Waals surface area (Å²) in [5, 5.41) is 3.00. The summed E-state index contributed by atoms with van der Waals surface area (Å²) in [5.74, 6) is 1.04. The van der Waals surface area contributed by atoms with Crippen molar-refractivity contribution in [1.82, 2.24) is 5.32 Å². The summed E-state index contributed by atoms with van der Waals surface area (Å²) in [5.41, 5.74) is 5.57. The van der Waals surface area contributed by atoms with Gasteiger partial charge in [0.25, 0.3) is 0 Å². The zero-order valence-electron chi connectivity index (χ0n) is 9.80. The molecular weight excluding hydrogens is 188 g/mol. The maximum absolute atomic E-state index is 11.7. The van der Waals surface area contributed by atoms with Gasteiger partial charge in [-0.05, 0) is 18.8 Å². The van der Waals surface area contributed by atoms with Gasteiger partial charge in [-0.15, -0.1) is 0 Å². The molecule has 1 aliphatic carbocycles. The van der Waals surface area contributed by atoms with Crippen LogP contribution in [0.1, 0.15) is 45.4 Å². The van der Waals surface area contributed by atoms with Gasteiger partial charge in [-0.3, -0.25) is 4.79 Å². The highest BCUT2D eigenvalue weighted by atomic mass is 16.1. The number of nitrogens with two attached hydrogens (primary N) is 1. The molecule has 1 fully saturated rings. The zero-order valence-corrected chi connectivity index (χ0v) is 9.80. The van der Waals surface area contributed by atoms with Gasteiger partial charge in [0.2, 0.25) is 5.91 Å². The highest BCUT2D eigenvalue weighted by Gasteiger charge is 2.18. The molecule has 1 amide bonds. The second-order valence-corrected chi connectivity index (χ2v) is 4.60. The minimum Gasteiger partial charge on any atom is -0.356 e. The molecule has 3 heteroatoms. The summed E-state index contributed by atoms with van der Waals surface area (Å²) >= 11 is 0. The molecule has 1 unspecified atom stereocenters. The van der Waals surface area contributed by atoms with E-state index in [1.54, 1.807) is 0 Å². The van der Waals surface area contributed by atoms with Crippen molar-refractivity contribution in [1.29, 1.82) is 0 Å². The lowest BCUT2D eigenvalue weighted by Crippen LogP contribution is -2.36. The fraction of sp³-hybridized carbons (Fsp3) is 0.917. The molecule has 3 nitrogen and oxygen atoms in total. The molecule has 0 aromatic carbocycles. The first-order valence-corrected chi connectivity index (χ1v) is 6.25. The molecule has 0 radical (unpaired) electrons. The SMILES string of the molecule is CCCC(CN)C(=O)NCCC1CCC1. The summed E-state index contributed by atoms with van der Waals surface area (Å²) < 4.78 is 0. The maximum atomic E-state index is 11.7. The van der Waals surface area contributed by atoms with E-state index in [9.17, 15) is 4.79 Å². The summed E-state index contributed by atoms with van der Waals surface area (Å²) in [6.07, 6.45) is 7.16. The van der Waals surface area contributed by atoms with Gasteiger partial charge < -0.3 is 11.1 Å². The average molecular weight is 212 g/mol. The summed E-state index contributed by atoms with van der Waals surface area (Å²) in [6.45, 7) is 3.40. The normalized spacial score (nSPS) is 18.3. The van der Waals surface area contributed by atoms with Crippen molar-refractivity contribution in [3.63, 3.8) is 0 Å². The van der Waals surface area contributed by atoms with Crippen molar-refractivity contribution in [2.24, 2.45) is 17.6 Å². The Hall–Kier alpha value is -0.570. The molecule has 1 rings (SSSR count). The molecule has 0 saturated heterocycles. The van der Waals surface area contributed by atoms with Crippen molar-refractivity contribution in [2.75, 3.05) is 13.1 Å². The Balaban J connectivity index is 2.09. The Morgan fingerprint density at radius 1 is 1.53 bits per heavy atom. The Morgan fingerprint density at radius 2 is 2.27 bits per heavy atom. The van der Waals surface area contributed by atoms with Crippen LogP contribution in [0.2, 0.25) is 0 Å². The Morgan fingerprint density at radius 3 is 2.73 bits per heavy atom. The van der Waals surface area contributed by atoms with Crippen LogP contribution in [-0.4, -0.2) is 19.0 Å². The van der Waals surface area contributed by atoms with Crippen LogP contribution in [0.15, 0.2) is 0 Å². The quantitative estimate of drug-likeness (QED) is 0.674. The van der Waals surface area contributed by atoms with Gasteiger partial charge in [0.15, 0.2) is 0 Å². The van der Waals surface area contributed by atoms with Crippen LogP contribution in [0.25, 0.3) is 0 Å². The van der Waals surface area contributed by atoms with Crippen molar-refractivity contribution in [3.05, 3.63) is 0 Å². The molecular formula is C12H24N2O. The van der Waals surface area contributed by atoms with E-state index in [0.717, 1.165) is 31.7 Å². The van der Waals surface area contributed by atoms with Gasteiger partial charge in [-0.2, -0.15) is 0 Å². The van der Waals surface area contributed by atoms with Gasteiger partial charge in [-0.25, -0.2) is 0 Å². The van der Waals surface area contributed by atoms with Crippen LogP contribution in [0.5, 0.6) is 0 Å². The fourth-order valence-corrected chi connectivity index (χ4v) is 2.03. The third kappa shape index (κ3) is 4.20. The minimum atomic E-state index is 0.0244. The van der Waals surface area contributed by atoms with E-state index in [4.69, 9.17) is 5.73 Å². The van der Waals surface area contributed by atoms with Crippen LogP contribution in [0.3, 0.4) is 0 Å². The summed E-state index contributed by atoms with van der Waals surface area (Å²) in [7, 11) is 0.